The Labute approximate surface area is 118 Å². The van der Waals surface area contributed by atoms with Crippen LogP contribution in [-0.4, -0.2) is 15.8 Å². The zero-order valence-corrected chi connectivity index (χ0v) is 11.5. The minimum Gasteiger partial charge on any atom is -0.368 e. The molecule has 0 radical (unpaired) electrons. The molecule has 0 saturated heterocycles. The number of nitrogen functional groups attached to an aromatic ring is 1. The Hall–Kier alpha value is -2.23. The van der Waals surface area contributed by atoms with Crippen molar-refractivity contribution < 1.29 is 4.79 Å². The number of benzene rings is 1. The fraction of sp³-hybridized carbons (Fsp3) is 0.312. The van der Waals surface area contributed by atoms with Crippen LogP contribution in [0.1, 0.15) is 46.6 Å². The van der Waals surface area contributed by atoms with E-state index in [4.69, 9.17) is 5.73 Å². The van der Waals surface area contributed by atoms with E-state index in [1.807, 2.05) is 25.1 Å². The van der Waals surface area contributed by atoms with E-state index in [1.54, 1.807) is 0 Å². The summed E-state index contributed by atoms with van der Waals surface area (Å²) in [5.41, 5.74) is 9.23. The molecule has 1 aliphatic rings. The Kier molecular flexibility index (Phi) is 3.22. The molecule has 0 bridgehead atoms. The predicted octanol–water partition coefficient (Wildman–Crippen LogP) is 2.53. The standard InChI is InChI=1S/C16H17N3O/c1-2-12-15-13(19-16(17)18-12)8-11(9-14(15)20)10-6-4-3-5-7-10/h3-7,11H,2,8-9H2,1H3,(H2,17,18,19)/t11-/m0/s1. The van der Waals surface area contributed by atoms with Crippen LogP contribution >= 0.6 is 0 Å². The fourth-order valence-electron chi connectivity index (χ4n) is 2.90. The van der Waals surface area contributed by atoms with Crippen LogP contribution in [0.5, 0.6) is 0 Å². The highest BCUT2D eigenvalue weighted by Gasteiger charge is 2.30. The number of hydrogen-bond donors (Lipinski definition) is 1. The fourth-order valence-corrected chi connectivity index (χ4v) is 2.90. The predicted molar refractivity (Wildman–Crippen MR) is 77.7 cm³/mol. The molecule has 2 N–H and O–H groups in total. The lowest BCUT2D eigenvalue weighted by Crippen LogP contribution is -2.23. The first-order chi connectivity index (χ1) is 9.69. The Morgan fingerprint density at radius 1 is 1.20 bits per heavy atom. The Morgan fingerprint density at radius 2 is 1.95 bits per heavy atom. The molecule has 0 unspecified atom stereocenters. The molecule has 20 heavy (non-hydrogen) atoms. The molecule has 0 amide bonds. The van der Waals surface area contributed by atoms with Gasteiger partial charge in [-0.05, 0) is 24.3 Å². The summed E-state index contributed by atoms with van der Waals surface area (Å²) >= 11 is 0. The van der Waals surface area contributed by atoms with Gasteiger partial charge in [-0.15, -0.1) is 0 Å². The number of ketones is 1. The number of aryl methyl sites for hydroxylation is 1. The van der Waals surface area contributed by atoms with Crippen molar-refractivity contribution in [1.82, 2.24) is 9.97 Å². The van der Waals surface area contributed by atoms with Crippen molar-refractivity contribution in [2.75, 3.05) is 5.73 Å². The lowest BCUT2D eigenvalue weighted by atomic mass is 9.81. The summed E-state index contributed by atoms with van der Waals surface area (Å²) in [6.07, 6.45) is 1.99. The van der Waals surface area contributed by atoms with Gasteiger partial charge in [0.15, 0.2) is 5.78 Å². The van der Waals surface area contributed by atoms with Crippen molar-refractivity contribution >= 4 is 11.7 Å². The Morgan fingerprint density at radius 3 is 2.65 bits per heavy atom. The van der Waals surface area contributed by atoms with Gasteiger partial charge in [-0.2, -0.15) is 0 Å². The number of carbonyl (C=O) groups excluding carboxylic acids is 1. The highest BCUT2D eigenvalue weighted by Crippen LogP contribution is 2.33. The second-order valence-electron chi connectivity index (χ2n) is 5.14. The minimum atomic E-state index is 0.136. The number of carbonyl (C=O) groups is 1. The van der Waals surface area contributed by atoms with Crippen molar-refractivity contribution in [2.24, 2.45) is 0 Å². The van der Waals surface area contributed by atoms with Gasteiger partial charge < -0.3 is 5.73 Å². The number of anilines is 1. The smallest absolute Gasteiger partial charge is 0.220 e. The summed E-state index contributed by atoms with van der Waals surface area (Å²) in [5, 5.41) is 0. The van der Waals surface area contributed by atoms with E-state index in [1.165, 1.54) is 5.56 Å². The molecule has 0 saturated carbocycles. The zero-order valence-electron chi connectivity index (χ0n) is 11.5. The van der Waals surface area contributed by atoms with Crippen molar-refractivity contribution in [3.63, 3.8) is 0 Å². The van der Waals surface area contributed by atoms with Crippen LogP contribution in [0, 0.1) is 0 Å². The maximum absolute atomic E-state index is 12.4. The summed E-state index contributed by atoms with van der Waals surface area (Å²) < 4.78 is 0. The number of Topliss-reactive ketones (excluding diaryl/α,β-unsaturated/α-hetero) is 1. The zero-order chi connectivity index (χ0) is 14.1. The lowest BCUT2D eigenvalue weighted by molar-refractivity contribution is 0.0961. The molecule has 1 aromatic carbocycles. The van der Waals surface area contributed by atoms with Gasteiger partial charge in [-0.25, -0.2) is 9.97 Å². The van der Waals surface area contributed by atoms with E-state index < -0.39 is 0 Å². The van der Waals surface area contributed by atoms with Gasteiger partial charge >= 0.3 is 0 Å². The van der Waals surface area contributed by atoms with E-state index in [2.05, 4.69) is 22.1 Å². The number of nitrogens with two attached hydrogens (primary N) is 1. The molecule has 4 heteroatoms. The quantitative estimate of drug-likeness (QED) is 0.907. The average Bonchev–Trinajstić information content (AvgIpc) is 2.46. The van der Waals surface area contributed by atoms with Gasteiger partial charge in [0.25, 0.3) is 0 Å². The number of nitrogens with zero attached hydrogens (tertiary/aromatic N) is 2. The molecule has 1 aliphatic carbocycles. The maximum Gasteiger partial charge on any atom is 0.220 e. The molecule has 0 spiro atoms. The van der Waals surface area contributed by atoms with Crippen LogP contribution in [0.3, 0.4) is 0 Å². The molecular formula is C16H17N3O. The van der Waals surface area contributed by atoms with Crippen LogP contribution in [0.4, 0.5) is 5.95 Å². The highest BCUT2D eigenvalue weighted by atomic mass is 16.1. The van der Waals surface area contributed by atoms with Crippen molar-refractivity contribution in [3.05, 3.63) is 52.8 Å². The second-order valence-corrected chi connectivity index (χ2v) is 5.14. The molecule has 1 aromatic heterocycles. The minimum absolute atomic E-state index is 0.136. The summed E-state index contributed by atoms with van der Waals surface area (Å²) in [5.74, 6) is 0.592. The molecule has 0 fully saturated rings. The number of hydrogen-bond acceptors (Lipinski definition) is 4. The van der Waals surface area contributed by atoms with Gasteiger partial charge in [0, 0.05) is 6.42 Å². The van der Waals surface area contributed by atoms with Gasteiger partial charge in [0.2, 0.25) is 5.95 Å². The molecular weight excluding hydrogens is 250 g/mol. The first-order valence-electron chi connectivity index (χ1n) is 6.92. The lowest BCUT2D eigenvalue weighted by Gasteiger charge is -2.24. The third-order valence-electron chi connectivity index (χ3n) is 3.83. The first-order valence-corrected chi connectivity index (χ1v) is 6.92. The Balaban J connectivity index is 2.03. The van der Waals surface area contributed by atoms with Crippen LogP contribution in [0.2, 0.25) is 0 Å². The maximum atomic E-state index is 12.4. The first kappa shape index (κ1) is 12.8. The van der Waals surface area contributed by atoms with Gasteiger partial charge in [-0.1, -0.05) is 37.3 Å². The largest absolute Gasteiger partial charge is 0.368 e. The second kappa shape index (κ2) is 5.04. The topological polar surface area (TPSA) is 68.9 Å². The molecule has 0 aliphatic heterocycles. The Bertz CT molecular complexity index is 652. The molecule has 4 nitrogen and oxygen atoms in total. The normalized spacial score (nSPS) is 17.9. The molecule has 1 atom stereocenters. The van der Waals surface area contributed by atoms with Gasteiger partial charge in [0.1, 0.15) is 0 Å². The van der Waals surface area contributed by atoms with Crippen LogP contribution in [0.25, 0.3) is 0 Å². The highest BCUT2D eigenvalue weighted by molar-refractivity contribution is 5.99. The number of rotatable bonds is 2. The van der Waals surface area contributed by atoms with Crippen LogP contribution in [0.15, 0.2) is 30.3 Å². The molecule has 2 aromatic rings. The van der Waals surface area contributed by atoms with Crippen molar-refractivity contribution in [2.45, 2.75) is 32.1 Å². The summed E-state index contributed by atoms with van der Waals surface area (Å²) in [6, 6.07) is 10.1. The van der Waals surface area contributed by atoms with Crippen molar-refractivity contribution in [1.29, 1.82) is 0 Å². The van der Waals surface area contributed by atoms with E-state index in [-0.39, 0.29) is 17.6 Å². The van der Waals surface area contributed by atoms with E-state index in [9.17, 15) is 4.79 Å². The van der Waals surface area contributed by atoms with E-state index in [0.29, 0.717) is 18.4 Å². The summed E-state index contributed by atoms with van der Waals surface area (Å²) in [6.45, 7) is 1.98. The summed E-state index contributed by atoms with van der Waals surface area (Å²) in [7, 11) is 0. The van der Waals surface area contributed by atoms with Crippen LogP contribution in [-0.2, 0) is 12.8 Å². The molecule has 102 valence electrons. The molecule has 3 rings (SSSR count). The average molecular weight is 267 g/mol. The third-order valence-corrected chi connectivity index (χ3v) is 3.83. The van der Waals surface area contributed by atoms with E-state index >= 15 is 0 Å². The SMILES string of the molecule is CCc1nc(N)nc2c1C(=O)C[C@@H](c1ccccc1)C2. The number of fused-ring (bicyclic) bond motifs is 1. The van der Waals surface area contributed by atoms with E-state index in [0.717, 1.165) is 17.8 Å². The van der Waals surface area contributed by atoms with Gasteiger partial charge in [0.05, 0.1) is 17.0 Å². The third kappa shape index (κ3) is 2.18. The van der Waals surface area contributed by atoms with Crippen LogP contribution < -0.4 is 5.73 Å². The monoisotopic (exact) mass is 267 g/mol. The summed E-state index contributed by atoms with van der Waals surface area (Å²) in [4.78, 5) is 20.9. The van der Waals surface area contributed by atoms with Crippen molar-refractivity contribution in [3.8, 4) is 0 Å². The number of aromatic nitrogens is 2. The molecule has 1 heterocycles. The van der Waals surface area contributed by atoms with Gasteiger partial charge in [-0.3, -0.25) is 4.79 Å².